The van der Waals surface area contributed by atoms with Crippen LogP contribution in [0.5, 0.6) is 0 Å². The molecule has 2 N–H and O–H groups in total. The molecule has 0 saturated heterocycles. The van der Waals surface area contributed by atoms with Gasteiger partial charge in [0, 0.05) is 6.42 Å². The Morgan fingerprint density at radius 1 is 1.42 bits per heavy atom. The molecular weight excluding hydrogens is 240 g/mol. The van der Waals surface area contributed by atoms with E-state index in [1.807, 2.05) is 0 Å². The minimum atomic E-state index is -0.194. The normalized spacial score (nSPS) is 14.8. The lowest BCUT2D eigenvalue weighted by molar-refractivity contribution is -0.117. The third kappa shape index (κ3) is 4.38. The number of nitrogens with zero attached hydrogens (tertiary/aromatic N) is 1. The van der Waals surface area contributed by atoms with Gasteiger partial charge < -0.3 is 10.4 Å². The highest BCUT2D eigenvalue weighted by molar-refractivity contribution is 5.89. The number of amides is 1. The number of hydrogen-bond acceptors (Lipinski definition) is 3. The fourth-order valence-corrected chi connectivity index (χ4v) is 2.37. The number of aliphatic hydroxyl groups is 1. The third-order valence-corrected chi connectivity index (χ3v) is 3.26. The number of carbonyl (C=O) groups excluding carboxylic acids is 1. The molecule has 1 aliphatic carbocycles. The van der Waals surface area contributed by atoms with Crippen molar-refractivity contribution >= 4 is 11.7 Å². The lowest BCUT2D eigenvalue weighted by atomic mass is 10.0. The number of pyridine rings is 1. The summed E-state index contributed by atoms with van der Waals surface area (Å²) in [6.07, 6.45) is 5.37. The molecule has 0 aliphatic heterocycles. The van der Waals surface area contributed by atoms with Gasteiger partial charge in [-0.25, -0.2) is 4.98 Å². The van der Waals surface area contributed by atoms with E-state index in [0.29, 0.717) is 23.9 Å². The van der Waals surface area contributed by atoms with E-state index in [0.717, 1.165) is 12.8 Å². The number of aliphatic hydroxyl groups excluding tert-OH is 1. The van der Waals surface area contributed by atoms with Gasteiger partial charge in [-0.05, 0) is 36.8 Å². The summed E-state index contributed by atoms with van der Waals surface area (Å²) in [6.45, 7) is -0.194. The molecule has 1 amide bonds. The highest BCUT2D eigenvalue weighted by Gasteiger charge is 2.18. The Hall–Kier alpha value is -1.86. The highest BCUT2D eigenvalue weighted by Crippen LogP contribution is 2.27. The second-order valence-electron chi connectivity index (χ2n) is 4.77. The number of anilines is 1. The van der Waals surface area contributed by atoms with Crippen LogP contribution in [0, 0.1) is 17.8 Å². The van der Waals surface area contributed by atoms with E-state index in [-0.39, 0.29) is 12.5 Å². The molecule has 0 bridgehead atoms. The zero-order valence-electron chi connectivity index (χ0n) is 10.9. The Balaban J connectivity index is 1.92. The number of nitrogens with one attached hydrogen (secondary N) is 1. The van der Waals surface area contributed by atoms with Gasteiger partial charge in [-0.15, -0.1) is 0 Å². The zero-order valence-corrected chi connectivity index (χ0v) is 10.9. The second kappa shape index (κ2) is 6.91. The molecule has 1 aromatic rings. The quantitative estimate of drug-likeness (QED) is 0.814. The Morgan fingerprint density at radius 3 is 2.95 bits per heavy atom. The smallest absolute Gasteiger partial charge is 0.225 e. The fraction of sp³-hybridized carbons (Fsp3) is 0.467. The monoisotopic (exact) mass is 258 g/mol. The van der Waals surface area contributed by atoms with Crippen LogP contribution < -0.4 is 5.32 Å². The van der Waals surface area contributed by atoms with E-state index in [1.54, 1.807) is 18.2 Å². The summed E-state index contributed by atoms with van der Waals surface area (Å²) >= 11 is 0. The van der Waals surface area contributed by atoms with Crippen LogP contribution >= 0.6 is 0 Å². The number of hydrogen-bond donors (Lipinski definition) is 2. The van der Waals surface area contributed by atoms with Crippen molar-refractivity contribution < 1.29 is 9.90 Å². The highest BCUT2D eigenvalue weighted by atomic mass is 16.2. The van der Waals surface area contributed by atoms with Crippen molar-refractivity contribution in [2.45, 2.75) is 32.1 Å². The van der Waals surface area contributed by atoms with E-state index in [9.17, 15) is 4.79 Å². The molecule has 1 heterocycles. The van der Waals surface area contributed by atoms with Gasteiger partial charge in [0.25, 0.3) is 0 Å². The van der Waals surface area contributed by atoms with Gasteiger partial charge in [0.2, 0.25) is 5.91 Å². The van der Waals surface area contributed by atoms with E-state index in [2.05, 4.69) is 22.1 Å². The molecule has 19 heavy (non-hydrogen) atoms. The SMILES string of the molecule is O=C(CC1CCCC1)Nc1cccc(C#CCO)n1. The summed E-state index contributed by atoms with van der Waals surface area (Å²) in [7, 11) is 0. The van der Waals surface area contributed by atoms with Crippen LogP contribution in [-0.4, -0.2) is 22.6 Å². The van der Waals surface area contributed by atoms with Crippen molar-refractivity contribution in [1.29, 1.82) is 0 Å². The molecule has 1 aliphatic rings. The molecule has 0 spiro atoms. The first kappa shape index (κ1) is 13.6. The van der Waals surface area contributed by atoms with Gasteiger partial charge >= 0.3 is 0 Å². The van der Waals surface area contributed by atoms with Gasteiger partial charge in [-0.2, -0.15) is 0 Å². The van der Waals surface area contributed by atoms with Crippen LogP contribution in [0.2, 0.25) is 0 Å². The zero-order chi connectivity index (χ0) is 13.5. The van der Waals surface area contributed by atoms with Crippen molar-refractivity contribution in [3.8, 4) is 11.8 Å². The van der Waals surface area contributed by atoms with Crippen LogP contribution in [0.4, 0.5) is 5.82 Å². The van der Waals surface area contributed by atoms with Crippen LogP contribution in [0.3, 0.4) is 0 Å². The first-order chi connectivity index (χ1) is 9.28. The fourth-order valence-electron chi connectivity index (χ4n) is 2.37. The second-order valence-corrected chi connectivity index (χ2v) is 4.77. The van der Waals surface area contributed by atoms with Crippen molar-refractivity contribution in [1.82, 2.24) is 4.98 Å². The summed E-state index contributed by atoms with van der Waals surface area (Å²) in [6, 6.07) is 5.28. The minimum Gasteiger partial charge on any atom is -0.384 e. The average Bonchev–Trinajstić information content (AvgIpc) is 2.89. The Labute approximate surface area is 113 Å². The Bertz CT molecular complexity index is 496. The van der Waals surface area contributed by atoms with Gasteiger partial charge in [0.05, 0.1) is 0 Å². The molecule has 1 saturated carbocycles. The Kier molecular flexibility index (Phi) is 4.93. The third-order valence-electron chi connectivity index (χ3n) is 3.26. The molecule has 0 atom stereocenters. The van der Waals surface area contributed by atoms with Gasteiger partial charge in [-0.3, -0.25) is 4.79 Å². The first-order valence-corrected chi connectivity index (χ1v) is 6.64. The molecule has 0 aromatic carbocycles. The number of rotatable bonds is 3. The van der Waals surface area contributed by atoms with Crippen molar-refractivity contribution in [3.63, 3.8) is 0 Å². The van der Waals surface area contributed by atoms with Crippen molar-refractivity contribution in [2.75, 3.05) is 11.9 Å². The maximum atomic E-state index is 11.9. The topological polar surface area (TPSA) is 62.2 Å². The summed E-state index contributed by atoms with van der Waals surface area (Å²) in [4.78, 5) is 16.1. The van der Waals surface area contributed by atoms with Crippen molar-refractivity contribution in [3.05, 3.63) is 23.9 Å². The first-order valence-electron chi connectivity index (χ1n) is 6.64. The molecule has 100 valence electrons. The van der Waals surface area contributed by atoms with Crippen LogP contribution in [0.25, 0.3) is 0 Å². The van der Waals surface area contributed by atoms with Crippen LogP contribution in [-0.2, 0) is 4.79 Å². The maximum absolute atomic E-state index is 11.9. The standard InChI is InChI=1S/C15H18N2O2/c18-10-4-8-13-7-3-9-14(16-13)17-15(19)11-12-5-1-2-6-12/h3,7,9,12,18H,1-2,5-6,10-11H2,(H,16,17,19). The minimum absolute atomic E-state index is 0.0201. The van der Waals surface area contributed by atoms with E-state index >= 15 is 0 Å². The molecule has 1 aromatic heterocycles. The predicted octanol–water partition coefficient (Wildman–Crippen LogP) is 1.94. The van der Waals surface area contributed by atoms with Gasteiger partial charge in [-0.1, -0.05) is 24.8 Å². The molecule has 4 heteroatoms. The molecular formula is C15H18N2O2. The summed E-state index contributed by atoms with van der Waals surface area (Å²) in [5.41, 5.74) is 0.549. The molecule has 0 unspecified atom stereocenters. The van der Waals surface area contributed by atoms with Gasteiger partial charge in [0.15, 0.2) is 0 Å². The molecule has 1 fully saturated rings. The summed E-state index contributed by atoms with van der Waals surface area (Å²) < 4.78 is 0. The molecule has 2 rings (SSSR count). The lowest BCUT2D eigenvalue weighted by Gasteiger charge is -2.09. The van der Waals surface area contributed by atoms with E-state index < -0.39 is 0 Å². The van der Waals surface area contributed by atoms with E-state index in [4.69, 9.17) is 5.11 Å². The van der Waals surface area contributed by atoms with Crippen LogP contribution in [0.15, 0.2) is 18.2 Å². The van der Waals surface area contributed by atoms with Crippen LogP contribution in [0.1, 0.15) is 37.8 Å². The maximum Gasteiger partial charge on any atom is 0.225 e. The summed E-state index contributed by atoms with van der Waals surface area (Å²) in [5, 5.41) is 11.4. The lowest BCUT2D eigenvalue weighted by Crippen LogP contribution is -2.16. The van der Waals surface area contributed by atoms with Gasteiger partial charge in [0.1, 0.15) is 18.1 Å². The average molecular weight is 258 g/mol. The largest absolute Gasteiger partial charge is 0.384 e. The number of carbonyl (C=O) groups is 1. The van der Waals surface area contributed by atoms with Crippen molar-refractivity contribution in [2.24, 2.45) is 5.92 Å². The molecule has 0 radical (unpaired) electrons. The Morgan fingerprint density at radius 2 is 2.21 bits per heavy atom. The molecule has 4 nitrogen and oxygen atoms in total. The predicted molar refractivity (Wildman–Crippen MR) is 73.4 cm³/mol. The number of aromatic nitrogens is 1. The summed E-state index contributed by atoms with van der Waals surface area (Å²) in [5.74, 6) is 6.32. The van der Waals surface area contributed by atoms with E-state index in [1.165, 1.54) is 12.8 Å².